The number of carbonyl (C=O) groups excluding carboxylic acids is 1. The Balaban J connectivity index is 2.11. The third kappa shape index (κ3) is 2.73. The van der Waals surface area contributed by atoms with Crippen molar-refractivity contribution in [2.24, 2.45) is 0 Å². The average molecular weight is 245 g/mol. The van der Waals surface area contributed by atoms with Crippen molar-refractivity contribution in [1.82, 2.24) is 15.1 Å². The van der Waals surface area contributed by atoms with E-state index in [0.29, 0.717) is 5.56 Å². The molecule has 0 saturated heterocycles. The van der Waals surface area contributed by atoms with Crippen molar-refractivity contribution in [3.8, 4) is 5.69 Å². The number of carboxylic acid groups (broad SMARTS) is 1. The number of aromatic nitrogens is 2. The van der Waals surface area contributed by atoms with E-state index in [1.807, 2.05) is 30.3 Å². The number of benzene rings is 1. The number of rotatable bonds is 4. The second kappa shape index (κ2) is 5.13. The molecule has 2 N–H and O–H groups in total. The maximum absolute atomic E-state index is 11.6. The van der Waals surface area contributed by atoms with Crippen LogP contribution in [0.3, 0.4) is 0 Å². The van der Waals surface area contributed by atoms with Gasteiger partial charge in [0.25, 0.3) is 5.91 Å². The summed E-state index contributed by atoms with van der Waals surface area (Å²) in [4.78, 5) is 21.9. The Bertz CT molecular complexity index is 563. The molecule has 0 saturated carbocycles. The standard InChI is InChI=1S/C12H11N3O3/c16-11(17)7-13-12(18)9-6-14-15(8-9)10-4-2-1-3-5-10/h1-6,8H,7H2,(H,13,18)(H,16,17). The van der Waals surface area contributed by atoms with E-state index in [2.05, 4.69) is 10.4 Å². The topological polar surface area (TPSA) is 84.2 Å². The Kier molecular flexibility index (Phi) is 3.38. The van der Waals surface area contributed by atoms with Crippen LogP contribution in [0.2, 0.25) is 0 Å². The van der Waals surface area contributed by atoms with Crippen LogP contribution in [-0.4, -0.2) is 33.3 Å². The van der Waals surface area contributed by atoms with Gasteiger partial charge in [-0.2, -0.15) is 5.10 Å². The van der Waals surface area contributed by atoms with E-state index in [0.717, 1.165) is 5.69 Å². The summed E-state index contributed by atoms with van der Waals surface area (Å²) in [6.07, 6.45) is 2.94. The summed E-state index contributed by atoms with van der Waals surface area (Å²) in [6.45, 7) is -0.407. The van der Waals surface area contributed by atoms with Gasteiger partial charge in [-0.05, 0) is 12.1 Å². The van der Waals surface area contributed by atoms with Gasteiger partial charge in [0.05, 0.1) is 17.4 Å². The first-order valence-corrected chi connectivity index (χ1v) is 5.27. The maximum Gasteiger partial charge on any atom is 0.322 e. The number of carboxylic acids is 1. The highest BCUT2D eigenvalue weighted by atomic mass is 16.4. The SMILES string of the molecule is O=C(O)CNC(=O)c1cnn(-c2ccccc2)c1. The van der Waals surface area contributed by atoms with Gasteiger partial charge in [0.1, 0.15) is 6.54 Å². The van der Waals surface area contributed by atoms with Crippen LogP contribution in [0.15, 0.2) is 42.7 Å². The van der Waals surface area contributed by atoms with Crippen LogP contribution in [0, 0.1) is 0 Å². The lowest BCUT2D eigenvalue weighted by atomic mass is 10.3. The summed E-state index contributed by atoms with van der Waals surface area (Å²) in [6, 6.07) is 9.31. The molecule has 0 aliphatic carbocycles. The molecule has 0 fully saturated rings. The first kappa shape index (κ1) is 11.8. The minimum absolute atomic E-state index is 0.320. The van der Waals surface area contributed by atoms with Crippen LogP contribution in [0.5, 0.6) is 0 Å². The molecule has 1 aromatic carbocycles. The molecular formula is C12H11N3O3. The van der Waals surface area contributed by atoms with Gasteiger partial charge in [-0.25, -0.2) is 4.68 Å². The summed E-state index contributed by atoms with van der Waals surface area (Å²) in [5.41, 5.74) is 1.15. The van der Waals surface area contributed by atoms with E-state index in [1.165, 1.54) is 6.20 Å². The van der Waals surface area contributed by atoms with Crippen LogP contribution in [0.25, 0.3) is 5.69 Å². The normalized spacial score (nSPS) is 10.0. The fraction of sp³-hybridized carbons (Fsp3) is 0.0833. The van der Waals surface area contributed by atoms with Crippen LogP contribution < -0.4 is 5.32 Å². The molecule has 1 heterocycles. The largest absolute Gasteiger partial charge is 0.480 e. The number of carbonyl (C=O) groups is 2. The number of hydrogen-bond donors (Lipinski definition) is 2. The van der Waals surface area contributed by atoms with Gasteiger partial charge >= 0.3 is 5.97 Å². The molecule has 0 aliphatic rings. The van der Waals surface area contributed by atoms with E-state index >= 15 is 0 Å². The number of aliphatic carboxylic acids is 1. The first-order valence-electron chi connectivity index (χ1n) is 5.27. The molecule has 0 atom stereocenters. The van der Waals surface area contributed by atoms with Crippen LogP contribution in [0.4, 0.5) is 0 Å². The predicted octanol–water partition coefficient (Wildman–Crippen LogP) is 0.687. The Morgan fingerprint density at radius 3 is 2.67 bits per heavy atom. The molecule has 0 unspecified atom stereocenters. The zero-order valence-electron chi connectivity index (χ0n) is 9.41. The molecule has 18 heavy (non-hydrogen) atoms. The summed E-state index contributed by atoms with van der Waals surface area (Å²) < 4.78 is 1.55. The van der Waals surface area contributed by atoms with Crippen LogP contribution >= 0.6 is 0 Å². The van der Waals surface area contributed by atoms with E-state index < -0.39 is 18.4 Å². The minimum Gasteiger partial charge on any atom is -0.480 e. The van der Waals surface area contributed by atoms with Crippen molar-refractivity contribution in [3.05, 3.63) is 48.3 Å². The van der Waals surface area contributed by atoms with Crippen molar-refractivity contribution >= 4 is 11.9 Å². The number of nitrogens with zero attached hydrogens (tertiary/aromatic N) is 2. The first-order chi connectivity index (χ1) is 8.66. The van der Waals surface area contributed by atoms with Gasteiger partial charge in [0.2, 0.25) is 0 Å². The quantitative estimate of drug-likeness (QED) is 0.829. The van der Waals surface area contributed by atoms with Crippen molar-refractivity contribution in [2.75, 3.05) is 6.54 Å². The molecular weight excluding hydrogens is 234 g/mol. The Hall–Kier alpha value is -2.63. The van der Waals surface area contributed by atoms with Gasteiger partial charge < -0.3 is 10.4 Å². The van der Waals surface area contributed by atoms with Gasteiger partial charge in [-0.3, -0.25) is 9.59 Å². The van der Waals surface area contributed by atoms with Crippen molar-refractivity contribution in [2.45, 2.75) is 0 Å². The lowest BCUT2D eigenvalue weighted by Gasteiger charge is -2.00. The zero-order chi connectivity index (χ0) is 13.0. The summed E-state index contributed by atoms with van der Waals surface area (Å²) >= 11 is 0. The van der Waals surface area contributed by atoms with Crippen LogP contribution in [-0.2, 0) is 4.79 Å². The van der Waals surface area contributed by atoms with Crippen molar-refractivity contribution in [3.63, 3.8) is 0 Å². The number of para-hydroxylation sites is 1. The van der Waals surface area contributed by atoms with Gasteiger partial charge in [0, 0.05) is 6.20 Å². The second-order valence-electron chi connectivity index (χ2n) is 3.59. The highest BCUT2D eigenvalue weighted by Crippen LogP contribution is 2.07. The number of nitrogens with one attached hydrogen (secondary N) is 1. The predicted molar refractivity (Wildman–Crippen MR) is 63.5 cm³/mol. The van der Waals surface area contributed by atoms with Crippen molar-refractivity contribution < 1.29 is 14.7 Å². The second-order valence-corrected chi connectivity index (χ2v) is 3.59. The Morgan fingerprint density at radius 2 is 2.00 bits per heavy atom. The highest BCUT2D eigenvalue weighted by molar-refractivity contribution is 5.95. The zero-order valence-corrected chi connectivity index (χ0v) is 9.41. The van der Waals surface area contributed by atoms with E-state index in [9.17, 15) is 9.59 Å². The smallest absolute Gasteiger partial charge is 0.322 e. The van der Waals surface area contributed by atoms with E-state index in [1.54, 1.807) is 10.9 Å². The van der Waals surface area contributed by atoms with Gasteiger partial charge in [0.15, 0.2) is 0 Å². The molecule has 6 heteroatoms. The Labute approximate surface area is 103 Å². The summed E-state index contributed by atoms with van der Waals surface area (Å²) in [5.74, 6) is -1.54. The molecule has 2 rings (SSSR count). The number of hydrogen-bond acceptors (Lipinski definition) is 3. The maximum atomic E-state index is 11.6. The van der Waals surface area contributed by atoms with Crippen LogP contribution in [0.1, 0.15) is 10.4 Å². The third-order valence-corrected chi connectivity index (χ3v) is 2.27. The molecule has 0 radical (unpaired) electrons. The van der Waals surface area contributed by atoms with E-state index in [4.69, 9.17) is 5.11 Å². The molecule has 92 valence electrons. The van der Waals surface area contributed by atoms with Crippen molar-refractivity contribution in [1.29, 1.82) is 0 Å². The highest BCUT2D eigenvalue weighted by Gasteiger charge is 2.10. The molecule has 2 aromatic rings. The summed E-state index contributed by atoms with van der Waals surface area (Å²) in [7, 11) is 0. The lowest BCUT2D eigenvalue weighted by molar-refractivity contribution is -0.135. The number of amides is 1. The Morgan fingerprint density at radius 1 is 1.28 bits per heavy atom. The van der Waals surface area contributed by atoms with E-state index in [-0.39, 0.29) is 0 Å². The molecule has 0 spiro atoms. The minimum atomic E-state index is -1.08. The monoisotopic (exact) mass is 245 g/mol. The van der Waals surface area contributed by atoms with Gasteiger partial charge in [-0.1, -0.05) is 18.2 Å². The third-order valence-electron chi connectivity index (χ3n) is 2.27. The average Bonchev–Trinajstić information content (AvgIpc) is 2.86. The fourth-order valence-electron chi connectivity index (χ4n) is 1.42. The lowest BCUT2D eigenvalue weighted by Crippen LogP contribution is -2.28. The molecule has 0 aliphatic heterocycles. The molecule has 6 nitrogen and oxygen atoms in total. The molecule has 0 bridgehead atoms. The molecule has 1 amide bonds. The summed E-state index contributed by atoms with van der Waals surface area (Å²) in [5, 5.41) is 14.8. The molecule has 1 aromatic heterocycles. The van der Waals surface area contributed by atoms with Gasteiger partial charge in [-0.15, -0.1) is 0 Å². The fourth-order valence-corrected chi connectivity index (χ4v) is 1.42.